The van der Waals surface area contributed by atoms with Crippen LogP contribution in [0, 0.1) is 0 Å². The number of fused-ring (bicyclic) bond motifs is 11. The summed E-state index contributed by atoms with van der Waals surface area (Å²) >= 11 is 0. The zero-order valence-electron chi connectivity index (χ0n) is 29.1. The van der Waals surface area contributed by atoms with Crippen LogP contribution in [0.1, 0.15) is 22.3 Å². The van der Waals surface area contributed by atoms with Crippen molar-refractivity contribution in [2.45, 2.75) is 5.41 Å². The van der Waals surface area contributed by atoms with Crippen LogP contribution >= 0.6 is 0 Å². The van der Waals surface area contributed by atoms with Crippen LogP contribution in [0.2, 0.25) is 0 Å². The number of rotatable bonds is 4. The molecule has 0 atom stereocenters. The maximum absolute atomic E-state index is 6.54. The van der Waals surface area contributed by atoms with Gasteiger partial charge in [-0.2, -0.15) is 0 Å². The molecular formula is C50H31N3O. The summed E-state index contributed by atoms with van der Waals surface area (Å²) in [5, 5.41) is 2.32. The van der Waals surface area contributed by atoms with Crippen LogP contribution in [0.15, 0.2) is 188 Å². The van der Waals surface area contributed by atoms with Crippen LogP contribution in [0.3, 0.4) is 0 Å². The van der Waals surface area contributed by atoms with Gasteiger partial charge in [-0.15, -0.1) is 0 Å². The Hall–Kier alpha value is -7.17. The molecule has 0 saturated carbocycles. The van der Waals surface area contributed by atoms with Crippen molar-refractivity contribution in [2.75, 3.05) is 0 Å². The molecule has 0 amide bonds. The van der Waals surface area contributed by atoms with Gasteiger partial charge in [0.05, 0.1) is 5.41 Å². The first-order valence-corrected chi connectivity index (χ1v) is 18.3. The molecule has 1 spiro atoms. The zero-order chi connectivity index (χ0) is 35.6. The number of benzene rings is 8. The maximum atomic E-state index is 6.54. The van der Waals surface area contributed by atoms with Crippen molar-refractivity contribution >= 4 is 10.8 Å². The second-order valence-corrected chi connectivity index (χ2v) is 13.9. The molecule has 0 fully saturated rings. The summed E-state index contributed by atoms with van der Waals surface area (Å²) in [6, 6.07) is 66.1. The average Bonchev–Trinajstić information content (AvgIpc) is 3.55. The summed E-state index contributed by atoms with van der Waals surface area (Å²) in [6.07, 6.45) is 0. The number of aromatic nitrogens is 3. The summed E-state index contributed by atoms with van der Waals surface area (Å²) in [4.78, 5) is 15.2. The Balaban J connectivity index is 1.09. The molecule has 2 aliphatic rings. The molecule has 0 radical (unpaired) electrons. The second-order valence-electron chi connectivity index (χ2n) is 13.9. The highest BCUT2D eigenvalue weighted by atomic mass is 16.5. The van der Waals surface area contributed by atoms with E-state index < -0.39 is 5.41 Å². The second kappa shape index (κ2) is 11.9. The van der Waals surface area contributed by atoms with Gasteiger partial charge in [0.25, 0.3) is 0 Å². The standard InChI is InChI=1S/C50H31N3O/c1-3-13-32(14-4-1)33-23-25-35(26-24-33)48-51-47(34-15-5-2-6-16-34)52-49(53-48)37-27-29-38-36(31-37)28-30-43-46(38)39-17-7-8-18-40(39)50(43)41-19-9-11-21-44(41)54-45-22-12-10-20-42(45)50/h1-31H. The lowest BCUT2D eigenvalue weighted by Gasteiger charge is -2.39. The fourth-order valence-corrected chi connectivity index (χ4v) is 8.61. The molecule has 0 unspecified atom stereocenters. The predicted octanol–water partition coefficient (Wildman–Crippen LogP) is 12.2. The van der Waals surface area contributed by atoms with Crippen LogP contribution in [-0.4, -0.2) is 15.0 Å². The van der Waals surface area contributed by atoms with E-state index in [1.165, 1.54) is 33.2 Å². The molecular weight excluding hydrogens is 659 g/mol. The van der Waals surface area contributed by atoms with E-state index in [0.29, 0.717) is 17.5 Å². The van der Waals surface area contributed by atoms with Crippen molar-refractivity contribution < 1.29 is 4.74 Å². The molecule has 252 valence electrons. The van der Waals surface area contributed by atoms with Gasteiger partial charge in [0.15, 0.2) is 17.5 Å². The lowest BCUT2D eigenvalue weighted by Crippen LogP contribution is -2.32. The topological polar surface area (TPSA) is 47.9 Å². The van der Waals surface area contributed by atoms with Gasteiger partial charge in [0, 0.05) is 27.8 Å². The Labute approximate surface area is 313 Å². The van der Waals surface area contributed by atoms with Crippen LogP contribution in [-0.2, 0) is 5.41 Å². The van der Waals surface area contributed by atoms with E-state index in [1.54, 1.807) is 0 Å². The van der Waals surface area contributed by atoms with Crippen molar-refractivity contribution in [1.82, 2.24) is 15.0 Å². The summed E-state index contributed by atoms with van der Waals surface area (Å²) in [5.41, 5.74) is 12.0. The minimum absolute atomic E-state index is 0.506. The molecule has 0 N–H and O–H groups in total. The zero-order valence-corrected chi connectivity index (χ0v) is 29.1. The van der Waals surface area contributed by atoms with Gasteiger partial charge in [0.2, 0.25) is 0 Å². The van der Waals surface area contributed by atoms with Crippen LogP contribution in [0.5, 0.6) is 11.5 Å². The predicted molar refractivity (Wildman–Crippen MR) is 216 cm³/mol. The first kappa shape index (κ1) is 30.5. The molecule has 11 rings (SSSR count). The number of para-hydroxylation sites is 2. The molecule has 54 heavy (non-hydrogen) atoms. The molecule has 0 saturated heterocycles. The fourth-order valence-electron chi connectivity index (χ4n) is 8.61. The van der Waals surface area contributed by atoms with Gasteiger partial charge < -0.3 is 4.74 Å². The van der Waals surface area contributed by atoms with Crippen LogP contribution in [0.25, 0.3) is 67.2 Å². The third-order valence-electron chi connectivity index (χ3n) is 11.0. The van der Waals surface area contributed by atoms with Crippen molar-refractivity contribution in [3.8, 4) is 67.9 Å². The highest BCUT2D eigenvalue weighted by molar-refractivity contribution is 6.05. The molecule has 0 bridgehead atoms. The third-order valence-corrected chi connectivity index (χ3v) is 11.0. The Morgan fingerprint density at radius 3 is 1.50 bits per heavy atom. The minimum atomic E-state index is -0.506. The third kappa shape index (κ3) is 4.53. The number of nitrogens with zero attached hydrogens (tertiary/aromatic N) is 3. The van der Waals surface area contributed by atoms with E-state index in [-0.39, 0.29) is 0 Å². The fraction of sp³-hybridized carbons (Fsp3) is 0.0200. The summed E-state index contributed by atoms with van der Waals surface area (Å²) in [7, 11) is 0. The van der Waals surface area contributed by atoms with Gasteiger partial charge in [0.1, 0.15) is 11.5 Å². The van der Waals surface area contributed by atoms with Crippen molar-refractivity contribution in [3.05, 3.63) is 210 Å². The highest BCUT2D eigenvalue weighted by Gasteiger charge is 2.51. The Bertz CT molecular complexity index is 2860. The quantitative estimate of drug-likeness (QED) is 0.185. The molecule has 1 aliphatic carbocycles. The normalized spacial score (nSPS) is 13.1. The first-order valence-electron chi connectivity index (χ1n) is 18.3. The van der Waals surface area contributed by atoms with Gasteiger partial charge in [-0.05, 0) is 62.4 Å². The van der Waals surface area contributed by atoms with Gasteiger partial charge in [-0.1, -0.05) is 170 Å². The van der Waals surface area contributed by atoms with Crippen molar-refractivity contribution in [2.24, 2.45) is 0 Å². The molecule has 1 aromatic heterocycles. The van der Waals surface area contributed by atoms with E-state index >= 15 is 0 Å². The number of ether oxygens (including phenoxy) is 1. The molecule has 2 heterocycles. The van der Waals surface area contributed by atoms with Crippen LogP contribution < -0.4 is 4.74 Å². The van der Waals surface area contributed by atoms with Crippen molar-refractivity contribution in [1.29, 1.82) is 0 Å². The van der Waals surface area contributed by atoms with E-state index in [4.69, 9.17) is 19.7 Å². The summed E-state index contributed by atoms with van der Waals surface area (Å²) in [5.74, 6) is 3.70. The Morgan fingerprint density at radius 1 is 0.352 bits per heavy atom. The molecule has 4 heteroatoms. The van der Waals surface area contributed by atoms with Crippen molar-refractivity contribution in [3.63, 3.8) is 0 Å². The SMILES string of the molecule is c1ccc(-c2ccc(-c3nc(-c4ccccc4)nc(-c4ccc5c6c(ccc5c4)C4(c5ccccc5Oc5ccccc54)c4ccccc4-6)n3)cc2)cc1. The molecule has 9 aromatic rings. The number of hydrogen-bond acceptors (Lipinski definition) is 4. The molecule has 4 nitrogen and oxygen atoms in total. The Morgan fingerprint density at radius 2 is 0.833 bits per heavy atom. The van der Waals surface area contributed by atoms with Crippen LogP contribution in [0.4, 0.5) is 0 Å². The maximum Gasteiger partial charge on any atom is 0.164 e. The lowest BCUT2D eigenvalue weighted by atomic mass is 9.66. The summed E-state index contributed by atoms with van der Waals surface area (Å²) in [6.45, 7) is 0. The van der Waals surface area contributed by atoms with Gasteiger partial charge >= 0.3 is 0 Å². The number of hydrogen-bond donors (Lipinski definition) is 0. The minimum Gasteiger partial charge on any atom is -0.457 e. The highest BCUT2D eigenvalue weighted by Crippen LogP contribution is 2.63. The van der Waals surface area contributed by atoms with E-state index in [9.17, 15) is 0 Å². The lowest BCUT2D eigenvalue weighted by molar-refractivity contribution is 0.436. The van der Waals surface area contributed by atoms with Gasteiger partial charge in [-0.3, -0.25) is 0 Å². The largest absolute Gasteiger partial charge is 0.457 e. The summed E-state index contributed by atoms with van der Waals surface area (Å²) < 4.78 is 6.54. The molecule has 1 aliphatic heterocycles. The first-order chi connectivity index (χ1) is 26.8. The smallest absolute Gasteiger partial charge is 0.164 e. The van der Waals surface area contributed by atoms with Gasteiger partial charge in [-0.25, -0.2) is 15.0 Å². The molecule has 8 aromatic carbocycles. The van der Waals surface area contributed by atoms with E-state index in [1.807, 2.05) is 36.4 Å². The monoisotopic (exact) mass is 689 g/mol. The van der Waals surface area contributed by atoms with E-state index in [2.05, 4.69) is 152 Å². The average molecular weight is 690 g/mol. The Kier molecular flexibility index (Phi) is 6.73. The van der Waals surface area contributed by atoms with E-state index in [0.717, 1.165) is 50.3 Å².